The lowest BCUT2D eigenvalue weighted by atomic mass is 10.0. The topological polar surface area (TPSA) is 82.2 Å². The highest BCUT2D eigenvalue weighted by Crippen LogP contribution is 2.19. The van der Waals surface area contributed by atoms with E-state index in [0.717, 1.165) is 21.3 Å². The first-order valence-electron chi connectivity index (χ1n) is 7.23. The summed E-state index contributed by atoms with van der Waals surface area (Å²) in [5.74, 6) is -1.31. The van der Waals surface area contributed by atoms with Gasteiger partial charge in [0.1, 0.15) is 6.04 Å². The van der Waals surface area contributed by atoms with E-state index in [9.17, 15) is 14.7 Å². The lowest BCUT2D eigenvalue weighted by molar-refractivity contribution is -0.141. The molecule has 1 aromatic carbocycles. The van der Waals surface area contributed by atoms with E-state index >= 15 is 0 Å². The van der Waals surface area contributed by atoms with Crippen LogP contribution >= 0.6 is 11.3 Å². The second kappa shape index (κ2) is 6.66. The Balaban J connectivity index is 1.71. The molecular weight excluding hydrogens is 312 g/mol. The Hall–Kier alpha value is -2.60. The van der Waals surface area contributed by atoms with Crippen molar-refractivity contribution < 1.29 is 14.7 Å². The molecule has 3 aromatic rings. The zero-order chi connectivity index (χ0) is 16.2. The number of hydrogen-bond acceptors (Lipinski definition) is 3. The Morgan fingerprint density at radius 2 is 2.04 bits per heavy atom. The number of benzene rings is 1. The van der Waals surface area contributed by atoms with Crippen molar-refractivity contribution in [2.75, 3.05) is 0 Å². The highest BCUT2D eigenvalue weighted by atomic mass is 32.1. The van der Waals surface area contributed by atoms with Gasteiger partial charge in [-0.2, -0.15) is 0 Å². The van der Waals surface area contributed by atoms with Crippen LogP contribution in [0.5, 0.6) is 0 Å². The molecule has 0 fully saturated rings. The summed E-state index contributed by atoms with van der Waals surface area (Å²) in [7, 11) is 0. The molecule has 23 heavy (non-hydrogen) atoms. The van der Waals surface area contributed by atoms with Crippen LogP contribution < -0.4 is 5.32 Å². The molecule has 0 radical (unpaired) electrons. The number of carbonyl (C=O) groups excluding carboxylic acids is 1. The lowest BCUT2D eigenvalue weighted by Gasteiger charge is -2.14. The normalized spacial score (nSPS) is 12.2. The second-order valence-corrected chi connectivity index (χ2v) is 6.31. The molecule has 2 aromatic heterocycles. The first-order chi connectivity index (χ1) is 11.1. The zero-order valence-electron chi connectivity index (χ0n) is 12.3. The third-order valence-corrected chi connectivity index (χ3v) is 4.52. The first kappa shape index (κ1) is 15.3. The molecule has 5 nitrogen and oxygen atoms in total. The number of H-pyrrole nitrogens is 1. The van der Waals surface area contributed by atoms with Crippen LogP contribution in [0.15, 0.2) is 48.0 Å². The van der Waals surface area contributed by atoms with Gasteiger partial charge in [-0.3, -0.25) is 4.79 Å². The largest absolute Gasteiger partial charge is 0.480 e. The van der Waals surface area contributed by atoms with Gasteiger partial charge in [0.2, 0.25) is 5.91 Å². The van der Waals surface area contributed by atoms with Crippen LogP contribution in [-0.2, 0) is 22.4 Å². The van der Waals surface area contributed by atoms with Gasteiger partial charge < -0.3 is 15.4 Å². The summed E-state index contributed by atoms with van der Waals surface area (Å²) in [4.78, 5) is 27.6. The SMILES string of the molecule is O=C(Cc1cccs1)NC(Cc1c[nH]c2ccccc12)C(=O)O. The second-order valence-electron chi connectivity index (χ2n) is 5.28. The van der Waals surface area contributed by atoms with Gasteiger partial charge in [0, 0.05) is 28.4 Å². The molecule has 0 spiro atoms. The molecule has 0 bridgehead atoms. The summed E-state index contributed by atoms with van der Waals surface area (Å²) in [6.07, 6.45) is 2.25. The minimum atomic E-state index is -1.03. The summed E-state index contributed by atoms with van der Waals surface area (Å²) in [5, 5.41) is 14.9. The van der Waals surface area contributed by atoms with Gasteiger partial charge in [-0.15, -0.1) is 11.3 Å². The van der Waals surface area contributed by atoms with Crippen molar-refractivity contribution in [3.63, 3.8) is 0 Å². The number of fused-ring (bicyclic) bond motifs is 1. The fourth-order valence-electron chi connectivity index (χ4n) is 2.54. The minimum Gasteiger partial charge on any atom is -0.480 e. The summed E-state index contributed by atoms with van der Waals surface area (Å²) < 4.78 is 0. The molecule has 1 amide bonds. The van der Waals surface area contributed by atoms with E-state index in [1.807, 2.05) is 41.8 Å². The molecular formula is C17H16N2O3S. The molecule has 0 aliphatic carbocycles. The minimum absolute atomic E-state index is 0.204. The Labute approximate surface area is 137 Å². The average molecular weight is 328 g/mol. The highest BCUT2D eigenvalue weighted by Gasteiger charge is 2.22. The summed E-state index contributed by atoms with van der Waals surface area (Å²) >= 11 is 1.48. The Bertz CT molecular complexity index is 823. The van der Waals surface area contributed by atoms with Crippen molar-refractivity contribution in [1.29, 1.82) is 0 Å². The fraction of sp³-hybridized carbons (Fsp3) is 0.176. The van der Waals surface area contributed by atoms with Crippen molar-refractivity contribution in [2.24, 2.45) is 0 Å². The quantitative estimate of drug-likeness (QED) is 0.650. The number of nitrogens with one attached hydrogen (secondary N) is 2. The summed E-state index contributed by atoms with van der Waals surface area (Å²) in [6.45, 7) is 0. The Morgan fingerprint density at radius 3 is 2.78 bits per heavy atom. The van der Waals surface area contributed by atoms with Gasteiger partial charge in [0.05, 0.1) is 6.42 Å². The highest BCUT2D eigenvalue weighted by molar-refractivity contribution is 7.10. The monoisotopic (exact) mass is 328 g/mol. The number of amides is 1. The summed E-state index contributed by atoms with van der Waals surface area (Å²) in [5.41, 5.74) is 1.83. The van der Waals surface area contributed by atoms with E-state index in [4.69, 9.17) is 0 Å². The number of rotatable bonds is 6. The van der Waals surface area contributed by atoms with Crippen LogP contribution in [0.25, 0.3) is 10.9 Å². The van der Waals surface area contributed by atoms with Gasteiger partial charge in [-0.05, 0) is 23.1 Å². The van der Waals surface area contributed by atoms with Crippen LogP contribution in [0.3, 0.4) is 0 Å². The number of aromatic nitrogens is 1. The smallest absolute Gasteiger partial charge is 0.326 e. The van der Waals surface area contributed by atoms with Crippen molar-refractivity contribution in [2.45, 2.75) is 18.9 Å². The first-order valence-corrected chi connectivity index (χ1v) is 8.11. The molecule has 0 saturated carbocycles. The maximum absolute atomic E-state index is 12.0. The van der Waals surface area contributed by atoms with E-state index in [1.165, 1.54) is 11.3 Å². The van der Waals surface area contributed by atoms with Gasteiger partial charge >= 0.3 is 5.97 Å². The van der Waals surface area contributed by atoms with Crippen molar-refractivity contribution in [3.05, 3.63) is 58.4 Å². The predicted octanol–water partition coefficient (Wildman–Crippen LogP) is 2.58. The van der Waals surface area contributed by atoms with Crippen LogP contribution in [0.1, 0.15) is 10.4 Å². The van der Waals surface area contributed by atoms with Gasteiger partial charge in [-0.1, -0.05) is 24.3 Å². The number of carbonyl (C=O) groups is 2. The molecule has 2 heterocycles. The van der Waals surface area contributed by atoms with E-state index in [0.29, 0.717) is 0 Å². The molecule has 1 atom stereocenters. The number of carboxylic acids is 1. The molecule has 0 saturated heterocycles. The van der Waals surface area contributed by atoms with Crippen molar-refractivity contribution in [3.8, 4) is 0 Å². The number of thiophene rings is 1. The van der Waals surface area contributed by atoms with Crippen LogP contribution in [0.4, 0.5) is 0 Å². The zero-order valence-corrected chi connectivity index (χ0v) is 13.1. The van der Waals surface area contributed by atoms with Crippen molar-refractivity contribution >= 4 is 34.1 Å². The molecule has 0 aliphatic heterocycles. The standard InChI is InChI=1S/C17H16N2O3S/c20-16(9-12-4-3-7-23-12)19-15(17(21)22)8-11-10-18-14-6-2-1-5-13(11)14/h1-7,10,15,18H,8-9H2,(H,19,20)(H,21,22). The van der Waals surface area contributed by atoms with E-state index in [1.54, 1.807) is 6.20 Å². The van der Waals surface area contributed by atoms with Crippen molar-refractivity contribution in [1.82, 2.24) is 10.3 Å². The fourth-order valence-corrected chi connectivity index (χ4v) is 3.24. The molecule has 3 N–H and O–H groups in total. The van der Waals surface area contributed by atoms with Gasteiger partial charge in [-0.25, -0.2) is 4.79 Å². The third kappa shape index (κ3) is 3.60. The molecule has 1 unspecified atom stereocenters. The molecule has 6 heteroatoms. The molecule has 0 aliphatic rings. The maximum atomic E-state index is 12.0. The Kier molecular flexibility index (Phi) is 4.43. The van der Waals surface area contributed by atoms with Crippen LogP contribution in [-0.4, -0.2) is 28.0 Å². The van der Waals surface area contributed by atoms with E-state index in [2.05, 4.69) is 10.3 Å². The van der Waals surface area contributed by atoms with Crippen LogP contribution in [0.2, 0.25) is 0 Å². The van der Waals surface area contributed by atoms with Crippen LogP contribution in [0, 0.1) is 0 Å². The number of aliphatic carboxylic acids is 1. The van der Waals surface area contributed by atoms with Gasteiger partial charge in [0.15, 0.2) is 0 Å². The van der Waals surface area contributed by atoms with E-state index < -0.39 is 12.0 Å². The number of carboxylic acid groups (broad SMARTS) is 1. The summed E-state index contributed by atoms with van der Waals surface area (Å²) in [6, 6.07) is 10.5. The Morgan fingerprint density at radius 1 is 1.22 bits per heavy atom. The molecule has 3 rings (SSSR count). The predicted molar refractivity (Wildman–Crippen MR) is 89.6 cm³/mol. The lowest BCUT2D eigenvalue weighted by Crippen LogP contribution is -2.42. The molecule has 118 valence electrons. The van der Waals surface area contributed by atoms with E-state index in [-0.39, 0.29) is 18.7 Å². The number of hydrogen-bond donors (Lipinski definition) is 3. The third-order valence-electron chi connectivity index (χ3n) is 3.65. The maximum Gasteiger partial charge on any atom is 0.326 e. The average Bonchev–Trinajstić information content (AvgIpc) is 3.16. The number of para-hydroxylation sites is 1. The van der Waals surface area contributed by atoms with Gasteiger partial charge in [0.25, 0.3) is 0 Å². The number of aromatic amines is 1.